The van der Waals surface area contributed by atoms with Crippen LogP contribution in [0.1, 0.15) is 10.4 Å². The molecule has 2 rings (SSSR count). The van der Waals surface area contributed by atoms with E-state index in [-0.39, 0.29) is 6.54 Å². The quantitative estimate of drug-likeness (QED) is 0.618. The Morgan fingerprint density at radius 1 is 1.29 bits per heavy atom. The van der Waals surface area contributed by atoms with Crippen LogP contribution in [0.3, 0.4) is 0 Å². The average Bonchev–Trinajstić information content (AvgIpc) is 2.54. The first-order valence-electron chi connectivity index (χ1n) is 4.96. The number of hydrogen-bond donors (Lipinski definition) is 1. The van der Waals surface area contributed by atoms with Crippen molar-refractivity contribution in [2.24, 2.45) is 0 Å². The molecular weight excluding hydrogens is 222 g/mol. The smallest absolute Gasteiger partial charge is 0.328 e. The first-order valence-corrected chi connectivity index (χ1v) is 4.96. The molecule has 17 heavy (non-hydrogen) atoms. The predicted molar refractivity (Wildman–Crippen MR) is 59.9 cm³/mol. The zero-order valence-electron chi connectivity index (χ0n) is 8.79. The number of carbonyl (C=O) groups is 3. The molecule has 0 atom stereocenters. The monoisotopic (exact) mass is 231 g/mol. The van der Waals surface area contributed by atoms with E-state index in [0.717, 1.165) is 6.08 Å². The Morgan fingerprint density at radius 2 is 2.00 bits per heavy atom. The van der Waals surface area contributed by atoms with Gasteiger partial charge in [-0.1, -0.05) is 18.2 Å². The molecule has 0 fully saturated rings. The van der Waals surface area contributed by atoms with Gasteiger partial charge < -0.3 is 10.0 Å². The number of benzene rings is 1. The summed E-state index contributed by atoms with van der Waals surface area (Å²) in [5, 5.41) is 8.44. The molecule has 0 radical (unpaired) electrons. The number of hydrogen-bond acceptors (Lipinski definition) is 3. The van der Waals surface area contributed by atoms with E-state index in [2.05, 4.69) is 0 Å². The third-order valence-corrected chi connectivity index (χ3v) is 2.43. The summed E-state index contributed by atoms with van der Waals surface area (Å²) in [6.45, 7) is 0.0773. The van der Waals surface area contributed by atoms with Crippen molar-refractivity contribution in [1.82, 2.24) is 0 Å². The third kappa shape index (κ3) is 1.94. The number of carboxylic acids is 1. The minimum absolute atomic E-state index is 0.0773. The van der Waals surface area contributed by atoms with Gasteiger partial charge in [-0.15, -0.1) is 0 Å². The van der Waals surface area contributed by atoms with Crippen molar-refractivity contribution in [2.45, 2.75) is 0 Å². The van der Waals surface area contributed by atoms with Crippen LogP contribution in [0, 0.1) is 0 Å². The number of carbonyl (C=O) groups excluding carboxylic acids is 2. The Hall–Kier alpha value is -2.43. The number of ketones is 1. The van der Waals surface area contributed by atoms with Crippen LogP contribution in [0.5, 0.6) is 0 Å². The number of aliphatic carboxylic acids is 1. The van der Waals surface area contributed by atoms with E-state index in [4.69, 9.17) is 5.11 Å². The van der Waals surface area contributed by atoms with Gasteiger partial charge in [0.05, 0.1) is 11.3 Å². The molecule has 1 aliphatic heterocycles. The lowest BCUT2D eigenvalue weighted by Crippen LogP contribution is -2.29. The van der Waals surface area contributed by atoms with Crippen LogP contribution in [0.2, 0.25) is 0 Å². The number of nitrogens with zero attached hydrogens (tertiary/aromatic N) is 1. The Balaban J connectivity index is 2.27. The highest BCUT2D eigenvalue weighted by molar-refractivity contribution is 6.52. The highest BCUT2D eigenvalue weighted by Crippen LogP contribution is 2.27. The Bertz CT molecular complexity index is 533. The molecule has 1 aliphatic rings. The van der Waals surface area contributed by atoms with Crippen LogP contribution < -0.4 is 4.90 Å². The largest absolute Gasteiger partial charge is 0.478 e. The van der Waals surface area contributed by atoms with Crippen molar-refractivity contribution in [1.29, 1.82) is 0 Å². The van der Waals surface area contributed by atoms with Crippen LogP contribution >= 0.6 is 0 Å². The van der Waals surface area contributed by atoms with Gasteiger partial charge >= 0.3 is 5.97 Å². The molecule has 0 unspecified atom stereocenters. The molecule has 0 spiro atoms. The summed E-state index contributed by atoms with van der Waals surface area (Å²) in [6.07, 6.45) is 2.27. The van der Waals surface area contributed by atoms with Gasteiger partial charge in [-0.25, -0.2) is 4.79 Å². The first kappa shape index (κ1) is 11.1. The van der Waals surface area contributed by atoms with Crippen LogP contribution in [-0.4, -0.2) is 29.3 Å². The molecule has 5 nitrogen and oxygen atoms in total. The van der Waals surface area contributed by atoms with Crippen molar-refractivity contribution >= 4 is 23.3 Å². The van der Waals surface area contributed by atoms with Gasteiger partial charge in [-0.2, -0.15) is 0 Å². The van der Waals surface area contributed by atoms with Gasteiger partial charge in [0, 0.05) is 12.6 Å². The topological polar surface area (TPSA) is 74.7 Å². The molecule has 1 aromatic rings. The minimum atomic E-state index is -1.09. The average molecular weight is 231 g/mol. The zero-order valence-corrected chi connectivity index (χ0v) is 8.79. The molecule has 1 N–H and O–H groups in total. The Labute approximate surface area is 97.0 Å². The van der Waals surface area contributed by atoms with E-state index in [9.17, 15) is 14.4 Å². The van der Waals surface area contributed by atoms with Crippen LogP contribution in [-0.2, 0) is 9.59 Å². The zero-order chi connectivity index (χ0) is 12.4. The van der Waals surface area contributed by atoms with E-state index in [1.807, 2.05) is 0 Å². The summed E-state index contributed by atoms with van der Waals surface area (Å²) in [4.78, 5) is 34.8. The lowest BCUT2D eigenvalue weighted by Gasteiger charge is -2.13. The number of rotatable bonds is 3. The second-order valence-electron chi connectivity index (χ2n) is 3.50. The molecule has 5 heteroatoms. The number of fused-ring (bicyclic) bond motifs is 1. The normalized spacial score (nSPS) is 14.5. The van der Waals surface area contributed by atoms with Crippen molar-refractivity contribution in [3.63, 3.8) is 0 Å². The standard InChI is InChI=1S/C12H9NO4/c14-10(15)6-3-7-13-9-5-2-1-4-8(9)11(16)12(13)17/h1-6H,7H2,(H,14,15). The van der Waals surface area contributed by atoms with Crippen molar-refractivity contribution in [3.05, 3.63) is 42.0 Å². The SMILES string of the molecule is O=C(O)C=CCN1C(=O)C(=O)c2ccccc21. The molecule has 0 saturated heterocycles. The van der Waals surface area contributed by atoms with Gasteiger partial charge in [0.1, 0.15) is 0 Å². The number of carboxylic acid groups (broad SMARTS) is 1. The fourth-order valence-electron chi connectivity index (χ4n) is 1.69. The fraction of sp³-hybridized carbons (Fsp3) is 0.0833. The van der Waals surface area contributed by atoms with E-state index < -0.39 is 17.7 Å². The molecule has 0 bridgehead atoms. The molecule has 1 amide bonds. The fourth-order valence-corrected chi connectivity index (χ4v) is 1.69. The van der Waals surface area contributed by atoms with E-state index >= 15 is 0 Å². The lowest BCUT2D eigenvalue weighted by molar-refractivity contribution is -0.131. The Kier molecular flexibility index (Phi) is 2.74. The lowest BCUT2D eigenvalue weighted by atomic mass is 10.1. The minimum Gasteiger partial charge on any atom is -0.478 e. The van der Waals surface area contributed by atoms with Crippen molar-refractivity contribution in [2.75, 3.05) is 11.4 Å². The molecule has 0 aromatic heterocycles. The summed E-state index contributed by atoms with van der Waals surface area (Å²) in [5.74, 6) is -2.26. The van der Waals surface area contributed by atoms with Crippen LogP contribution in [0.4, 0.5) is 5.69 Å². The summed E-state index contributed by atoms with van der Waals surface area (Å²) in [6, 6.07) is 6.64. The maximum atomic E-state index is 11.6. The van der Waals surface area contributed by atoms with E-state index in [1.165, 1.54) is 11.0 Å². The second-order valence-corrected chi connectivity index (χ2v) is 3.50. The first-order chi connectivity index (χ1) is 8.11. The molecule has 1 heterocycles. The van der Waals surface area contributed by atoms with Crippen molar-refractivity contribution in [3.8, 4) is 0 Å². The van der Waals surface area contributed by atoms with E-state index in [1.54, 1.807) is 24.3 Å². The second kappa shape index (κ2) is 4.21. The maximum Gasteiger partial charge on any atom is 0.328 e. The Morgan fingerprint density at radius 3 is 2.71 bits per heavy atom. The van der Waals surface area contributed by atoms with Crippen LogP contribution in [0.15, 0.2) is 36.4 Å². The molecule has 0 aliphatic carbocycles. The highest BCUT2D eigenvalue weighted by Gasteiger charge is 2.34. The highest BCUT2D eigenvalue weighted by atomic mass is 16.4. The van der Waals surface area contributed by atoms with Crippen molar-refractivity contribution < 1.29 is 19.5 Å². The maximum absolute atomic E-state index is 11.6. The van der Waals surface area contributed by atoms with Gasteiger partial charge in [-0.3, -0.25) is 9.59 Å². The molecule has 1 aromatic carbocycles. The van der Waals surface area contributed by atoms with Gasteiger partial charge in [0.25, 0.3) is 11.7 Å². The summed E-state index contributed by atoms with van der Waals surface area (Å²) >= 11 is 0. The van der Waals surface area contributed by atoms with E-state index in [0.29, 0.717) is 11.3 Å². The summed E-state index contributed by atoms with van der Waals surface area (Å²) in [5.41, 5.74) is 0.888. The number of amides is 1. The predicted octanol–water partition coefficient (Wildman–Crippen LogP) is 0.857. The molecule has 86 valence electrons. The molecular formula is C12H9NO4. The summed E-state index contributed by atoms with van der Waals surface area (Å²) < 4.78 is 0. The number of para-hydroxylation sites is 1. The van der Waals surface area contributed by atoms with Gasteiger partial charge in [0.15, 0.2) is 0 Å². The number of Topliss-reactive ketones (excluding diaryl/α,β-unsaturated/α-hetero) is 1. The third-order valence-electron chi connectivity index (χ3n) is 2.43. The number of anilines is 1. The summed E-state index contributed by atoms with van der Waals surface area (Å²) in [7, 11) is 0. The van der Waals surface area contributed by atoms with Gasteiger partial charge in [0.2, 0.25) is 0 Å². The van der Waals surface area contributed by atoms with Crippen LogP contribution in [0.25, 0.3) is 0 Å². The van der Waals surface area contributed by atoms with Gasteiger partial charge in [-0.05, 0) is 12.1 Å². The molecule has 0 saturated carbocycles.